The fraction of sp³-hybridized carbons (Fsp3) is 0.938. The van der Waals surface area contributed by atoms with E-state index in [-0.39, 0.29) is 0 Å². The second kappa shape index (κ2) is 7.28. The van der Waals surface area contributed by atoms with Gasteiger partial charge in [0.15, 0.2) is 0 Å². The lowest BCUT2D eigenvalue weighted by atomic mass is 9.86. The number of carbonyl (C=O) groups is 1. The largest absolute Gasteiger partial charge is 0.343 e. The fourth-order valence-corrected chi connectivity index (χ4v) is 3.48. The van der Waals surface area contributed by atoms with Crippen LogP contribution in [0.3, 0.4) is 0 Å². The van der Waals surface area contributed by atoms with Crippen LogP contribution in [0, 0.1) is 5.92 Å². The number of amides is 1. The lowest BCUT2D eigenvalue weighted by molar-refractivity contribution is -0.133. The topological polar surface area (TPSA) is 32.3 Å². The van der Waals surface area contributed by atoms with Gasteiger partial charge in [0.05, 0.1) is 0 Å². The Hall–Kier alpha value is -0.570. The number of nitrogens with zero attached hydrogens (tertiary/aromatic N) is 1. The van der Waals surface area contributed by atoms with E-state index in [1.807, 2.05) is 11.9 Å². The molecule has 19 heavy (non-hydrogen) atoms. The molecule has 0 aromatic heterocycles. The zero-order valence-electron chi connectivity index (χ0n) is 12.7. The van der Waals surface area contributed by atoms with Crippen molar-refractivity contribution in [3.05, 3.63) is 0 Å². The number of piperidine rings is 1. The Morgan fingerprint density at radius 2 is 1.89 bits per heavy atom. The molecule has 1 aliphatic carbocycles. The third-order valence-electron chi connectivity index (χ3n) is 5.05. The molecule has 1 heterocycles. The van der Waals surface area contributed by atoms with Crippen LogP contribution in [0.25, 0.3) is 0 Å². The molecule has 1 N–H and O–H groups in total. The quantitative estimate of drug-likeness (QED) is 0.848. The molecule has 2 aliphatic rings. The first kappa shape index (κ1) is 14.8. The fourth-order valence-electron chi connectivity index (χ4n) is 3.48. The van der Waals surface area contributed by atoms with Crippen LogP contribution in [0.5, 0.6) is 0 Å². The van der Waals surface area contributed by atoms with Crippen LogP contribution in [0.2, 0.25) is 0 Å². The average molecular weight is 266 g/mol. The van der Waals surface area contributed by atoms with Crippen LogP contribution in [0.15, 0.2) is 0 Å². The molecule has 1 unspecified atom stereocenters. The normalized spacial score (nSPS) is 32.0. The first-order chi connectivity index (χ1) is 9.16. The van der Waals surface area contributed by atoms with Gasteiger partial charge in [-0.05, 0) is 57.4 Å². The predicted octanol–water partition coefficient (Wildman–Crippen LogP) is 2.95. The Morgan fingerprint density at radius 3 is 2.53 bits per heavy atom. The van der Waals surface area contributed by atoms with Gasteiger partial charge in [0.25, 0.3) is 0 Å². The molecule has 1 saturated heterocycles. The number of hydrogen-bond donors (Lipinski definition) is 1. The van der Waals surface area contributed by atoms with Crippen molar-refractivity contribution in [1.82, 2.24) is 10.2 Å². The van der Waals surface area contributed by atoms with Crippen LogP contribution < -0.4 is 5.32 Å². The summed E-state index contributed by atoms with van der Waals surface area (Å²) in [6.45, 7) is 3.46. The van der Waals surface area contributed by atoms with Crippen LogP contribution in [0.4, 0.5) is 0 Å². The summed E-state index contributed by atoms with van der Waals surface area (Å²) in [5.41, 5.74) is 0. The van der Waals surface area contributed by atoms with Crippen LogP contribution in [-0.2, 0) is 4.79 Å². The molecular weight excluding hydrogens is 236 g/mol. The van der Waals surface area contributed by atoms with E-state index in [1.54, 1.807) is 0 Å². The van der Waals surface area contributed by atoms with Gasteiger partial charge >= 0.3 is 0 Å². The van der Waals surface area contributed by atoms with Crippen molar-refractivity contribution in [3.63, 3.8) is 0 Å². The molecular formula is C16H30N2O. The zero-order chi connectivity index (χ0) is 13.7. The highest BCUT2D eigenvalue weighted by atomic mass is 16.2. The summed E-state index contributed by atoms with van der Waals surface area (Å²) in [6, 6.07) is 1.08. The zero-order valence-corrected chi connectivity index (χ0v) is 12.7. The maximum Gasteiger partial charge on any atom is 0.222 e. The van der Waals surface area contributed by atoms with Crippen LogP contribution in [-0.4, -0.2) is 36.5 Å². The first-order valence-electron chi connectivity index (χ1n) is 8.16. The van der Waals surface area contributed by atoms with Gasteiger partial charge in [0, 0.05) is 25.6 Å². The monoisotopic (exact) mass is 266 g/mol. The van der Waals surface area contributed by atoms with E-state index in [0.717, 1.165) is 25.3 Å². The minimum absolute atomic E-state index is 0.354. The lowest BCUT2D eigenvalue weighted by Crippen LogP contribution is -2.40. The highest BCUT2D eigenvalue weighted by Crippen LogP contribution is 2.27. The molecule has 2 rings (SSSR count). The predicted molar refractivity (Wildman–Crippen MR) is 79.1 cm³/mol. The molecule has 3 heteroatoms. The van der Waals surface area contributed by atoms with E-state index in [0.29, 0.717) is 18.0 Å². The van der Waals surface area contributed by atoms with Crippen molar-refractivity contribution in [1.29, 1.82) is 0 Å². The maximum atomic E-state index is 12.3. The van der Waals surface area contributed by atoms with Gasteiger partial charge in [-0.25, -0.2) is 0 Å². The Morgan fingerprint density at radius 1 is 1.16 bits per heavy atom. The highest BCUT2D eigenvalue weighted by Gasteiger charge is 2.25. The van der Waals surface area contributed by atoms with E-state index in [9.17, 15) is 4.79 Å². The van der Waals surface area contributed by atoms with Gasteiger partial charge < -0.3 is 10.2 Å². The summed E-state index contributed by atoms with van der Waals surface area (Å²) in [5, 5.41) is 3.53. The van der Waals surface area contributed by atoms with Gasteiger partial charge in [0.1, 0.15) is 0 Å². The third-order valence-corrected chi connectivity index (χ3v) is 5.05. The molecule has 1 atom stereocenters. The minimum Gasteiger partial charge on any atom is -0.343 e. The van der Waals surface area contributed by atoms with Crippen LogP contribution >= 0.6 is 0 Å². The maximum absolute atomic E-state index is 12.3. The second-order valence-corrected chi connectivity index (χ2v) is 6.60. The molecule has 0 radical (unpaired) electrons. The molecule has 0 aromatic carbocycles. The molecule has 2 fully saturated rings. The third kappa shape index (κ3) is 4.48. The summed E-state index contributed by atoms with van der Waals surface area (Å²) in [5.74, 6) is 1.21. The Labute approximate surface area is 118 Å². The van der Waals surface area contributed by atoms with Gasteiger partial charge in [-0.2, -0.15) is 0 Å². The number of rotatable bonds is 4. The van der Waals surface area contributed by atoms with E-state index >= 15 is 0 Å². The average Bonchev–Trinajstić information content (AvgIpc) is 2.46. The lowest BCUT2D eigenvalue weighted by Gasteiger charge is -2.34. The molecule has 110 valence electrons. The molecule has 0 bridgehead atoms. The van der Waals surface area contributed by atoms with Crippen molar-refractivity contribution in [2.24, 2.45) is 5.92 Å². The molecule has 1 saturated carbocycles. The summed E-state index contributed by atoms with van der Waals surface area (Å²) in [6.07, 6.45) is 10.6. The summed E-state index contributed by atoms with van der Waals surface area (Å²) < 4.78 is 0. The number of hydrogen-bond acceptors (Lipinski definition) is 2. The Kier molecular flexibility index (Phi) is 5.68. The standard InChI is InChI=1S/C16H30N2O/c1-13-6-9-15(10-7-13)18(2)16(19)11-8-14-5-3-4-12-17-14/h13-15,17H,3-12H2,1-2H3. The summed E-state index contributed by atoms with van der Waals surface area (Å²) in [7, 11) is 2.01. The highest BCUT2D eigenvalue weighted by molar-refractivity contribution is 5.76. The molecule has 0 aromatic rings. The summed E-state index contributed by atoms with van der Waals surface area (Å²) >= 11 is 0. The van der Waals surface area contributed by atoms with Crippen molar-refractivity contribution < 1.29 is 4.79 Å². The van der Waals surface area contributed by atoms with Crippen molar-refractivity contribution in [2.45, 2.75) is 76.8 Å². The number of nitrogens with one attached hydrogen (secondary N) is 1. The van der Waals surface area contributed by atoms with Crippen molar-refractivity contribution in [2.75, 3.05) is 13.6 Å². The van der Waals surface area contributed by atoms with Crippen molar-refractivity contribution >= 4 is 5.91 Å². The Bertz CT molecular complexity index is 278. The Balaban J connectivity index is 1.69. The molecule has 3 nitrogen and oxygen atoms in total. The smallest absolute Gasteiger partial charge is 0.222 e. The van der Waals surface area contributed by atoms with Gasteiger partial charge in [-0.3, -0.25) is 4.79 Å². The molecule has 0 spiro atoms. The van der Waals surface area contributed by atoms with E-state index in [4.69, 9.17) is 0 Å². The van der Waals surface area contributed by atoms with E-state index in [2.05, 4.69) is 12.2 Å². The SMILES string of the molecule is CC1CCC(N(C)C(=O)CCC2CCCCN2)CC1. The van der Waals surface area contributed by atoms with Crippen LogP contribution in [0.1, 0.15) is 64.7 Å². The second-order valence-electron chi connectivity index (χ2n) is 6.60. The first-order valence-corrected chi connectivity index (χ1v) is 8.16. The van der Waals surface area contributed by atoms with Gasteiger partial charge in [0.2, 0.25) is 5.91 Å². The van der Waals surface area contributed by atoms with E-state index < -0.39 is 0 Å². The summed E-state index contributed by atoms with van der Waals surface area (Å²) in [4.78, 5) is 14.3. The van der Waals surface area contributed by atoms with E-state index in [1.165, 1.54) is 44.9 Å². The van der Waals surface area contributed by atoms with Gasteiger partial charge in [-0.1, -0.05) is 13.3 Å². The molecule has 1 amide bonds. The number of carbonyl (C=O) groups excluding carboxylic acids is 1. The van der Waals surface area contributed by atoms with Gasteiger partial charge in [-0.15, -0.1) is 0 Å². The molecule has 1 aliphatic heterocycles. The van der Waals surface area contributed by atoms with Crippen molar-refractivity contribution in [3.8, 4) is 0 Å². The minimum atomic E-state index is 0.354.